The summed E-state index contributed by atoms with van der Waals surface area (Å²) >= 11 is 0. The zero-order valence-electron chi connectivity index (χ0n) is 20.5. The summed E-state index contributed by atoms with van der Waals surface area (Å²) in [6.07, 6.45) is 0.822. The highest BCUT2D eigenvalue weighted by atomic mass is 32.2. The molecule has 1 unspecified atom stereocenters. The van der Waals surface area contributed by atoms with E-state index in [0.29, 0.717) is 11.3 Å². The van der Waals surface area contributed by atoms with Crippen molar-refractivity contribution in [2.75, 3.05) is 0 Å². The highest BCUT2D eigenvalue weighted by Gasteiger charge is 2.30. The molecule has 6 nitrogen and oxygen atoms in total. The molecule has 7 heteroatoms. The van der Waals surface area contributed by atoms with Crippen LogP contribution in [0.3, 0.4) is 0 Å². The van der Waals surface area contributed by atoms with Crippen LogP contribution in [0.5, 0.6) is 5.75 Å². The molecule has 0 fully saturated rings. The molecule has 0 saturated heterocycles. The smallest absolute Gasteiger partial charge is 0.339 e. The fourth-order valence-corrected chi connectivity index (χ4v) is 5.16. The molecule has 0 aliphatic rings. The molecule has 4 rings (SSSR count). The molecule has 1 heterocycles. The number of rotatable bonds is 6. The van der Waals surface area contributed by atoms with Crippen molar-refractivity contribution >= 4 is 21.2 Å². The van der Waals surface area contributed by atoms with Gasteiger partial charge in [-0.3, -0.25) is 0 Å². The molecular formula is C27H31N3O3S. The molecule has 3 aromatic carbocycles. The first-order valence-corrected chi connectivity index (χ1v) is 12.9. The van der Waals surface area contributed by atoms with Crippen molar-refractivity contribution < 1.29 is 12.6 Å². The number of aryl methyl sites for hydroxylation is 1. The number of fused-ring (bicyclic) bond motifs is 1. The van der Waals surface area contributed by atoms with Crippen LogP contribution >= 0.6 is 0 Å². The van der Waals surface area contributed by atoms with E-state index in [9.17, 15) is 8.42 Å². The maximum absolute atomic E-state index is 13.4. The van der Waals surface area contributed by atoms with Crippen molar-refractivity contribution in [1.82, 2.24) is 15.0 Å². The van der Waals surface area contributed by atoms with Gasteiger partial charge in [0.2, 0.25) is 0 Å². The van der Waals surface area contributed by atoms with E-state index in [1.165, 1.54) is 0 Å². The Morgan fingerprint density at radius 2 is 1.56 bits per heavy atom. The van der Waals surface area contributed by atoms with E-state index in [1.54, 1.807) is 29.9 Å². The highest BCUT2D eigenvalue weighted by molar-refractivity contribution is 7.87. The molecule has 34 heavy (non-hydrogen) atoms. The Morgan fingerprint density at radius 3 is 2.12 bits per heavy atom. The number of benzene rings is 3. The van der Waals surface area contributed by atoms with Gasteiger partial charge in [-0.05, 0) is 60.6 Å². The van der Waals surface area contributed by atoms with E-state index in [0.717, 1.165) is 34.3 Å². The lowest BCUT2D eigenvalue weighted by Gasteiger charge is -2.27. The Labute approximate surface area is 201 Å². The summed E-state index contributed by atoms with van der Waals surface area (Å²) in [4.78, 5) is 1.79. The first-order chi connectivity index (χ1) is 16.0. The first-order valence-electron chi connectivity index (χ1n) is 11.5. The zero-order chi connectivity index (χ0) is 24.7. The summed E-state index contributed by atoms with van der Waals surface area (Å²) in [6, 6.07) is 18.5. The van der Waals surface area contributed by atoms with Crippen LogP contribution < -0.4 is 4.18 Å². The van der Waals surface area contributed by atoms with E-state index >= 15 is 0 Å². The minimum absolute atomic E-state index is 0.0631. The third-order valence-corrected chi connectivity index (χ3v) is 7.51. The summed E-state index contributed by atoms with van der Waals surface area (Å²) in [5.41, 5.74) is 4.24. The van der Waals surface area contributed by atoms with Gasteiger partial charge in [-0.2, -0.15) is 13.2 Å². The summed E-state index contributed by atoms with van der Waals surface area (Å²) in [6.45, 7) is 12.1. The predicted molar refractivity (Wildman–Crippen MR) is 135 cm³/mol. The molecule has 0 aliphatic carbocycles. The SMILES string of the molecule is CCC(C)c1cc(-n2nc3ccccc3n2)cc(C(C)(C)C)c1OS(=O)(=O)c1ccccc1C. The third kappa shape index (κ3) is 4.57. The van der Waals surface area contributed by atoms with Crippen molar-refractivity contribution in [1.29, 1.82) is 0 Å². The average Bonchev–Trinajstić information content (AvgIpc) is 3.22. The summed E-state index contributed by atoms with van der Waals surface area (Å²) in [5.74, 6) is 0.457. The summed E-state index contributed by atoms with van der Waals surface area (Å²) in [7, 11) is -4.03. The minimum Gasteiger partial charge on any atom is -0.378 e. The van der Waals surface area contributed by atoms with Crippen LogP contribution in [0.15, 0.2) is 65.6 Å². The largest absolute Gasteiger partial charge is 0.378 e. The second-order valence-electron chi connectivity index (χ2n) is 9.75. The topological polar surface area (TPSA) is 74.1 Å². The molecule has 0 spiro atoms. The lowest BCUT2D eigenvalue weighted by Crippen LogP contribution is -2.20. The third-order valence-electron chi connectivity index (χ3n) is 6.13. The zero-order valence-corrected chi connectivity index (χ0v) is 21.3. The first kappa shape index (κ1) is 24.0. The second-order valence-corrected chi connectivity index (χ2v) is 11.3. The predicted octanol–water partition coefficient (Wildman–Crippen LogP) is 6.31. The minimum atomic E-state index is -4.03. The molecular weight excluding hydrogens is 446 g/mol. The van der Waals surface area contributed by atoms with Crippen LogP contribution in [0.2, 0.25) is 0 Å². The molecule has 0 radical (unpaired) electrons. The van der Waals surface area contributed by atoms with Crippen LogP contribution in [0, 0.1) is 6.92 Å². The van der Waals surface area contributed by atoms with Gasteiger partial charge in [0, 0.05) is 11.1 Å². The quantitative estimate of drug-likeness (QED) is 0.304. The van der Waals surface area contributed by atoms with Gasteiger partial charge < -0.3 is 4.18 Å². The van der Waals surface area contributed by atoms with Gasteiger partial charge in [-0.1, -0.05) is 65.0 Å². The Morgan fingerprint density at radius 1 is 0.971 bits per heavy atom. The monoisotopic (exact) mass is 477 g/mol. The Balaban J connectivity index is 1.94. The number of hydrogen-bond acceptors (Lipinski definition) is 5. The average molecular weight is 478 g/mol. The van der Waals surface area contributed by atoms with Crippen molar-refractivity contribution in [2.45, 2.75) is 64.2 Å². The molecule has 1 aromatic heterocycles. The lowest BCUT2D eigenvalue weighted by molar-refractivity contribution is 0.462. The maximum atomic E-state index is 13.4. The van der Waals surface area contributed by atoms with E-state index < -0.39 is 10.1 Å². The van der Waals surface area contributed by atoms with Gasteiger partial charge in [0.05, 0.1) is 5.69 Å². The molecule has 0 saturated carbocycles. The standard InChI is InChI=1S/C27H31N3O3S/c1-7-18(2)21-16-20(30-28-23-13-9-10-14-24(23)29-30)17-22(27(4,5)6)26(21)33-34(31,32)25-15-11-8-12-19(25)3/h8-18H,7H2,1-6H3. The van der Waals surface area contributed by atoms with Crippen molar-refractivity contribution in [3.05, 3.63) is 77.4 Å². The molecule has 178 valence electrons. The highest BCUT2D eigenvalue weighted by Crippen LogP contribution is 2.41. The van der Waals surface area contributed by atoms with E-state index in [2.05, 4.69) is 24.0 Å². The fraction of sp³-hybridized carbons (Fsp3) is 0.333. The van der Waals surface area contributed by atoms with Gasteiger partial charge >= 0.3 is 10.1 Å². The van der Waals surface area contributed by atoms with Gasteiger partial charge in [-0.15, -0.1) is 10.2 Å². The van der Waals surface area contributed by atoms with E-state index in [1.807, 2.05) is 63.2 Å². The van der Waals surface area contributed by atoms with Gasteiger partial charge in [0.1, 0.15) is 21.7 Å². The van der Waals surface area contributed by atoms with E-state index in [-0.39, 0.29) is 16.2 Å². The molecule has 0 aliphatic heterocycles. The van der Waals surface area contributed by atoms with Crippen LogP contribution in [-0.2, 0) is 15.5 Å². The second kappa shape index (κ2) is 8.87. The Hall–Kier alpha value is -3.19. The van der Waals surface area contributed by atoms with E-state index in [4.69, 9.17) is 4.18 Å². The van der Waals surface area contributed by atoms with Crippen molar-refractivity contribution in [3.63, 3.8) is 0 Å². The lowest BCUT2D eigenvalue weighted by atomic mass is 9.82. The normalized spacial score (nSPS) is 13.2. The van der Waals surface area contributed by atoms with Crippen molar-refractivity contribution in [3.8, 4) is 11.4 Å². The Bertz CT molecular complexity index is 1420. The maximum Gasteiger partial charge on any atom is 0.339 e. The summed E-state index contributed by atoms with van der Waals surface area (Å²) < 4.78 is 32.7. The number of nitrogens with zero attached hydrogens (tertiary/aromatic N) is 3. The molecule has 0 bridgehead atoms. The van der Waals surface area contributed by atoms with Crippen LogP contribution in [0.1, 0.15) is 63.6 Å². The molecule has 4 aromatic rings. The molecule has 1 atom stereocenters. The molecule has 0 N–H and O–H groups in total. The van der Waals surface area contributed by atoms with Crippen molar-refractivity contribution in [2.24, 2.45) is 0 Å². The van der Waals surface area contributed by atoms with Gasteiger partial charge in [0.15, 0.2) is 0 Å². The summed E-state index contributed by atoms with van der Waals surface area (Å²) in [5, 5.41) is 9.28. The Kier molecular flexibility index (Phi) is 6.25. The number of aromatic nitrogens is 3. The van der Waals surface area contributed by atoms with Gasteiger partial charge in [0.25, 0.3) is 0 Å². The van der Waals surface area contributed by atoms with Crippen LogP contribution in [0.4, 0.5) is 0 Å². The van der Waals surface area contributed by atoms with Gasteiger partial charge in [-0.25, -0.2) is 0 Å². The molecule has 0 amide bonds. The van der Waals surface area contributed by atoms with Crippen LogP contribution in [-0.4, -0.2) is 23.4 Å². The fourth-order valence-electron chi connectivity index (χ4n) is 3.95. The van der Waals surface area contributed by atoms with Crippen LogP contribution in [0.25, 0.3) is 16.7 Å². The number of hydrogen-bond donors (Lipinski definition) is 0.